The van der Waals surface area contributed by atoms with Crippen LogP contribution < -0.4 is 5.73 Å². The van der Waals surface area contributed by atoms with E-state index in [-0.39, 0.29) is 12.1 Å². The molecule has 0 spiro atoms. The molecule has 29 heavy (non-hydrogen) atoms. The number of nitrogens with two attached hydrogens (primary N) is 1. The summed E-state index contributed by atoms with van der Waals surface area (Å²) in [5, 5.41) is 2.70. The third-order valence-electron chi connectivity index (χ3n) is 4.76. The Morgan fingerprint density at radius 2 is 1.90 bits per heavy atom. The number of amides is 1. The van der Waals surface area contributed by atoms with E-state index in [1.807, 2.05) is 35.7 Å². The smallest absolute Gasteiger partial charge is 0.250 e. The standard InChI is InChI=1S/C22H17F2N3OS/c1-13-17(21(25)28)10-20(27(13)11-15-9-16(23)7-8-18(15)24)19-12-29-22(26-19)14-5-3-2-4-6-14/h2-10,12H,11H2,1H3,(H2,25,28). The molecule has 0 bridgehead atoms. The number of carbonyl (C=O) groups is 1. The summed E-state index contributed by atoms with van der Waals surface area (Å²) in [5.41, 5.74) is 8.83. The van der Waals surface area contributed by atoms with E-state index in [9.17, 15) is 13.6 Å². The van der Waals surface area contributed by atoms with Gasteiger partial charge in [-0.25, -0.2) is 13.8 Å². The highest BCUT2D eigenvalue weighted by molar-refractivity contribution is 7.13. The van der Waals surface area contributed by atoms with Gasteiger partial charge in [0.15, 0.2) is 0 Å². The van der Waals surface area contributed by atoms with E-state index in [2.05, 4.69) is 4.98 Å². The number of hydrogen-bond acceptors (Lipinski definition) is 3. The Hall–Kier alpha value is -3.32. The molecule has 0 aliphatic carbocycles. The van der Waals surface area contributed by atoms with Gasteiger partial charge in [0.2, 0.25) is 0 Å². The van der Waals surface area contributed by atoms with Gasteiger partial charge in [-0.05, 0) is 31.2 Å². The molecule has 0 atom stereocenters. The van der Waals surface area contributed by atoms with Crippen LogP contribution in [0.1, 0.15) is 21.6 Å². The van der Waals surface area contributed by atoms with E-state index in [0.29, 0.717) is 22.6 Å². The van der Waals surface area contributed by atoms with Gasteiger partial charge in [-0.3, -0.25) is 4.79 Å². The number of benzene rings is 2. The average molecular weight is 409 g/mol. The Morgan fingerprint density at radius 3 is 2.62 bits per heavy atom. The minimum Gasteiger partial charge on any atom is -0.366 e. The van der Waals surface area contributed by atoms with Gasteiger partial charge in [-0.2, -0.15) is 0 Å². The van der Waals surface area contributed by atoms with Gasteiger partial charge >= 0.3 is 0 Å². The number of nitrogens with zero attached hydrogens (tertiary/aromatic N) is 2. The third-order valence-corrected chi connectivity index (χ3v) is 5.65. The Kier molecular flexibility index (Phi) is 4.98. The van der Waals surface area contributed by atoms with E-state index < -0.39 is 17.5 Å². The summed E-state index contributed by atoms with van der Waals surface area (Å²) in [5.74, 6) is -1.63. The van der Waals surface area contributed by atoms with Crippen molar-refractivity contribution in [3.05, 3.63) is 88.4 Å². The number of carbonyl (C=O) groups excluding carboxylic acids is 1. The largest absolute Gasteiger partial charge is 0.366 e. The molecule has 146 valence electrons. The van der Waals surface area contributed by atoms with Crippen LogP contribution in [0.5, 0.6) is 0 Å². The Labute approximate surface area is 170 Å². The van der Waals surface area contributed by atoms with Gasteiger partial charge in [-0.1, -0.05) is 30.3 Å². The van der Waals surface area contributed by atoms with Crippen molar-refractivity contribution in [2.24, 2.45) is 5.73 Å². The molecule has 2 heterocycles. The molecule has 2 aromatic heterocycles. The second-order valence-corrected chi connectivity index (χ2v) is 7.48. The maximum atomic E-state index is 14.2. The lowest BCUT2D eigenvalue weighted by molar-refractivity contribution is 0.0999. The summed E-state index contributed by atoms with van der Waals surface area (Å²) in [7, 11) is 0. The van der Waals surface area contributed by atoms with Crippen molar-refractivity contribution >= 4 is 17.2 Å². The van der Waals surface area contributed by atoms with Crippen LogP contribution in [0.3, 0.4) is 0 Å². The Bertz CT molecular complexity index is 1200. The maximum absolute atomic E-state index is 14.2. The topological polar surface area (TPSA) is 60.9 Å². The number of halogens is 2. The molecule has 0 fully saturated rings. The molecule has 4 aromatic rings. The molecule has 2 N–H and O–H groups in total. The fourth-order valence-corrected chi connectivity index (χ4v) is 4.07. The lowest BCUT2D eigenvalue weighted by Crippen LogP contribution is -2.13. The van der Waals surface area contributed by atoms with E-state index in [4.69, 9.17) is 5.73 Å². The van der Waals surface area contributed by atoms with E-state index >= 15 is 0 Å². The van der Waals surface area contributed by atoms with Crippen molar-refractivity contribution in [3.8, 4) is 22.0 Å². The Morgan fingerprint density at radius 1 is 1.14 bits per heavy atom. The highest BCUT2D eigenvalue weighted by Crippen LogP contribution is 2.32. The van der Waals surface area contributed by atoms with Gasteiger partial charge in [0, 0.05) is 22.2 Å². The normalized spacial score (nSPS) is 11.0. The molecule has 7 heteroatoms. The average Bonchev–Trinajstić information content (AvgIpc) is 3.31. The second-order valence-electron chi connectivity index (χ2n) is 6.62. The third kappa shape index (κ3) is 3.69. The quantitative estimate of drug-likeness (QED) is 0.504. The van der Waals surface area contributed by atoms with Crippen molar-refractivity contribution in [1.82, 2.24) is 9.55 Å². The zero-order chi connectivity index (χ0) is 20.5. The molecule has 2 aromatic carbocycles. The Balaban J connectivity index is 1.81. The van der Waals surface area contributed by atoms with Gasteiger partial charge in [0.05, 0.1) is 23.5 Å². The lowest BCUT2D eigenvalue weighted by Gasteiger charge is -2.12. The number of primary amides is 1. The van der Waals surface area contributed by atoms with E-state index in [0.717, 1.165) is 28.8 Å². The van der Waals surface area contributed by atoms with E-state index in [1.165, 1.54) is 11.3 Å². The summed E-state index contributed by atoms with van der Waals surface area (Å²) in [6, 6.07) is 14.7. The van der Waals surface area contributed by atoms with Crippen molar-refractivity contribution in [1.29, 1.82) is 0 Å². The van der Waals surface area contributed by atoms with Crippen LogP contribution in [0.15, 0.2) is 60.0 Å². The summed E-state index contributed by atoms with van der Waals surface area (Å²) < 4.78 is 29.6. The molecule has 0 radical (unpaired) electrons. The summed E-state index contributed by atoms with van der Waals surface area (Å²) >= 11 is 1.47. The molecule has 0 saturated heterocycles. The van der Waals surface area contributed by atoms with Crippen molar-refractivity contribution < 1.29 is 13.6 Å². The molecule has 0 unspecified atom stereocenters. The molecule has 0 aliphatic heterocycles. The molecule has 0 aliphatic rings. The highest BCUT2D eigenvalue weighted by Gasteiger charge is 2.20. The zero-order valence-electron chi connectivity index (χ0n) is 15.5. The molecule has 1 amide bonds. The maximum Gasteiger partial charge on any atom is 0.250 e. The van der Waals surface area contributed by atoms with Gasteiger partial charge in [0.1, 0.15) is 16.6 Å². The van der Waals surface area contributed by atoms with Gasteiger partial charge in [-0.15, -0.1) is 11.3 Å². The van der Waals surface area contributed by atoms with Crippen LogP contribution >= 0.6 is 11.3 Å². The van der Waals surface area contributed by atoms with Gasteiger partial charge in [0.25, 0.3) is 5.91 Å². The van der Waals surface area contributed by atoms with Crippen molar-refractivity contribution in [2.75, 3.05) is 0 Å². The minimum absolute atomic E-state index is 0.0518. The van der Waals surface area contributed by atoms with Crippen molar-refractivity contribution in [2.45, 2.75) is 13.5 Å². The van der Waals surface area contributed by atoms with Crippen molar-refractivity contribution in [3.63, 3.8) is 0 Å². The summed E-state index contributed by atoms with van der Waals surface area (Å²) in [6.45, 7) is 1.78. The summed E-state index contributed by atoms with van der Waals surface area (Å²) in [6.07, 6.45) is 0. The van der Waals surface area contributed by atoms with Crippen LogP contribution in [0.4, 0.5) is 8.78 Å². The minimum atomic E-state index is -0.583. The highest BCUT2D eigenvalue weighted by atomic mass is 32.1. The van der Waals surface area contributed by atoms with Crippen LogP contribution in [-0.4, -0.2) is 15.5 Å². The van der Waals surface area contributed by atoms with Crippen LogP contribution in [-0.2, 0) is 6.54 Å². The molecular weight excluding hydrogens is 392 g/mol. The fraction of sp³-hybridized carbons (Fsp3) is 0.0909. The number of aromatic nitrogens is 2. The first kappa shape index (κ1) is 19.0. The first-order valence-electron chi connectivity index (χ1n) is 8.89. The molecular formula is C22H17F2N3OS. The number of hydrogen-bond donors (Lipinski definition) is 1. The fourth-order valence-electron chi connectivity index (χ4n) is 3.25. The van der Waals surface area contributed by atoms with E-state index in [1.54, 1.807) is 17.6 Å². The van der Waals surface area contributed by atoms with Gasteiger partial charge < -0.3 is 10.3 Å². The second kappa shape index (κ2) is 7.60. The monoisotopic (exact) mass is 409 g/mol. The SMILES string of the molecule is Cc1c(C(N)=O)cc(-c2csc(-c3ccccc3)n2)n1Cc1cc(F)ccc1F. The number of thiazole rings is 1. The first-order chi connectivity index (χ1) is 13.9. The zero-order valence-corrected chi connectivity index (χ0v) is 16.3. The number of rotatable bonds is 5. The van der Waals surface area contributed by atoms with Crippen LogP contribution in [0.25, 0.3) is 22.0 Å². The molecule has 4 rings (SSSR count). The molecule has 4 nitrogen and oxygen atoms in total. The van der Waals surface area contributed by atoms with Crippen LogP contribution in [0.2, 0.25) is 0 Å². The van der Waals surface area contributed by atoms with Crippen LogP contribution in [0, 0.1) is 18.6 Å². The first-order valence-corrected chi connectivity index (χ1v) is 9.77. The predicted octanol–water partition coefficient (Wildman–Crippen LogP) is 5.01. The summed E-state index contributed by atoms with van der Waals surface area (Å²) in [4.78, 5) is 16.6. The lowest BCUT2D eigenvalue weighted by atomic mass is 10.2. The predicted molar refractivity (Wildman–Crippen MR) is 110 cm³/mol. The molecule has 0 saturated carbocycles.